The molecular weight excluding hydrogens is 222 g/mol. The molecule has 88 valence electrons. The molecular formula is C11H17N3OS. The fraction of sp³-hybridized carbons (Fsp3) is 0.545. The number of carbonyl (C=O) groups excluding carboxylic acids is 1. The minimum atomic E-state index is -0.448. The van der Waals surface area contributed by atoms with Crippen molar-refractivity contribution in [3.63, 3.8) is 0 Å². The van der Waals surface area contributed by atoms with E-state index >= 15 is 0 Å². The van der Waals surface area contributed by atoms with Gasteiger partial charge in [-0.2, -0.15) is 0 Å². The average Bonchev–Trinajstić information content (AvgIpc) is 2.80. The third-order valence-corrected chi connectivity index (χ3v) is 3.99. The van der Waals surface area contributed by atoms with Gasteiger partial charge in [0.1, 0.15) is 4.88 Å². The van der Waals surface area contributed by atoms with Crippen LogP contribution in [0.2, 0.25) is 0 Å². The number of hydrogen-bond donors (Lipinski definition) is 3. The molecule has 0 radical (unpaired) electrons. The Bertz CT molecular complexity index is 402. The fourth-order valence-electron chi connectivity index (χ4n) is 1.97. The molecule has 0 bridgehead atoms. The van der Waals surface area contributed by atoms with Gasteiger partial charge in [0.15, 0.2) is 0 Å². The van der Waals surface area contributed by atoms with E-state index < -0.39 is 5.91 Å². The quantitative estimate of drug-likeness (QED) is 0.735. The van der Waals surface area contributed by atoms with Crippen LogP contribution in [0.3, 0.4) is 0 Å². The Hall–Kier alpha value is -1.23. The van der Waals surface area contributed by atoms with Crippen LogP contribution in [0.25, 0.3) is 0 Å². The number of nitrogens with one attached hydrogen (secondary N) is 1. The number of nitrogens with two attached hydrogens (primary N) is 2. The Morgan fingerprint density at radius 2 is 2.44 bits per heavy atom. The molecule has 0 saturated heterocycles. The maximum atomic E-state index is 11.0. The lowest BCUT2D eigenvalue weighted by molar-refractivity contribution is 0.100. The summed E-state index contributed by atoms with van der Waals surface area (Å²) in [7, 11) is 0. The maximum absolute atomic E-state index is 11.0. The van der Waals surface area contributed by atoms with Gasteiger partial charge in [-0.15, -0.1) is 11.3 Å². The van der Waals surface area contributed by atoms with Crippen LogP contribution < -0.4 is 16.8 Å². The van der Waals surface area contributed by atoms with Crippen molar-refractivity contribution in [3.05, 3.63) is 10.9 Å². The lowest BCUT2D eigenvalue weighted by Crippen LogP contribution is -2.10. The van der Waals surface area contributed by atoms with Crippen LogP contribution in [0.5, 0.6) is 0 Å². The summed E-state index contributed by atoms with van der Waals surface area (Å²) in [5.41, 5.74) is 11.4. The number of rotatable bonds is 5. The van der Waals surface area contributed by atoms with E-state index in [-0.39, 0.29) is 0 Å². The van der Waals surface area contributed by atoms with Crippen LogP contribution in [0.1, 0.15) is 35.9 Å². The molecule has 0 spiro atoms. The van der Waals surface area contributed by atoms with Gasteiger partial charge in [-0.05, 0) is 24.8 Å². The first-order valence-electron chi connectivity index (χ1n) is 5.57. The molecule has 16 heavy (non-hydrogen) atoms. The van der Waals surface area contributed by atoms with Crippen molar-refractivity contribution in [1.29, 1.82) is 0 Å². The van der Waals surface area contributed by atoms with E-state index in [1.54, 1.807) is 6.07 Å². The SMILES string of the molecule is CCCC1CC1Nc1cc(N)c(C(N)=O)s1. The van der Waals surface area contributed by atoms with Gasteiger partial charge in [0, 0.05) is 6.04 Å². The van der Waals surface area contributed by atoms with Gasteiger partial charge in [0.05, 0.1) is 10.7 Å². The molecule has 5 heteroatoms. The molecule has 1 fully saturated rings. The Morgan fingerprint density at radius 1 is 1.69 bits per heavy atom. The maximum Gasteiger partial charge on any atom is 0.260 e. The van der Waals surface area contributed by atoms with Gasteiger partial charge in [0.2, 0.25) is 0 Å². The molecule has 4 nitrogen and oxygen atoms in total. The highest BCUT2D eigenvalue weighted by Crippen LogP contribution is 2.39. The van der Waals surface area contributed by atoms with E-state index in [9.17, 15) is 4.79 Å². The van der Waals surface area contributed by atoms with E-state index in [0.29, 0.717) is 16.6 Å². The molecule has 1 aliphatic rings. The normalized spacial score (nSPS) is 23.1. The van der Waals surface area contributed by atoms with Gasteiger partial charge in [0.25, 0.3) is 5.91 Å². The lowest BCUT2D eigenvalue weighted by atomic mass is 10.2. The zero-order valence-electron chi connectivity index (χ0n) is 9.32. The highest BCUT2D eigenvalue weighted by atomic mass is 32.1. The van der Waals surface area contributed by atoms with E-state index in [0.717, 1.165) is 10.9 Å². The Balaban J connectivity index is 1.96. The molecule has 2 rings (SSSR count). The zero-order valence-corrected chi connectivity index (χ0v) is 10.1. The minimum absolute atomic E-state index is 0.448. The van der Waals surface area contributed by atoms with Gasteiger partial charge in [-0.1, -0.05) is 13.3 Å². The van der Waals surface area contributed by atoms with Crippen LogP contribution in [-0.4, -0.2) is 11.9 Å². The molecule has 1 aliphatic carbocycles. The lowest BCUT2D eigenvalue weighted by Gasteiger charge is -2.00. The molecule has 1 saturated carbocycles. The van der Waals surface area contributed by atoms with Crippen LogP contribution in [-0.2, 0) is 0 Å². The van der Waals surface area contributed by atoms with Crippen molar-refractivity contribution in [2.45, 2.75) is 32.2 Å². The number of thiophene rings is 1. The topological polar surface area (TPSA) is 81.1 Å². The first-order chi connectivity index (χ1) is 7.61. The second-order valence-corrected chi connectivity index (χ2v) is 5.35. The van der Waals surface area contributed by atoms with Crippen molar-refractivity contribution >= 4 is 27.9 Å². The molecule has 1 heterocycles. The summed E-state index contributed by atoms with van der Waals surface area (Å²) in [5.74, 6) is 0.335. The monoisotopic (exact) mass is 239 g/mol. The van der Waals surface area contributed by atoms with E-state index in [4.69, 9.17) is 11.5 Å². The third kappa shape index (κ3) is 2.29. The van der Waals surface area contributed by atoms with Crippen molar-refractivity contribution < 1.29 is 4.79 Å². The molecule has 0 aromatic carbocycles. The summed E-state index contributed by atoms with van der Waals surface area (Å²) < 4.78 is 0. The van der Waals surface area contributed by atoms with Crippen LogP contribution in [0, 0.1) is 5.92 Å². The largest absolute Gasteiger partial charge is 0.397 e. The van der Waals surface area contributed by atoms with Crippen LogP contribution in [0.4, 0.5) is 10.7 Å². The standard InChI is InChI=1S/C11H17N3OS/c1-2-3-6-4-8(6)14-9-5-7(12)10(16-9)11(13)15/h5-6,8,14H,2-4,12H2,1H3,(H2,13,15). The summed E-state index contributed by atoms with van der Waals surface area (Å²) in [4.78, 5) is 11.5. The number of nitrogen functional groups attached to an aromatic ring is 1. The first-order valence-corrected chi connectivity index (χ1v) is 6.39. The summed E-state index contributed by atoms with van der Waals surface area (Å²) in [6.07, 6.45) is 3.71. The molecule has 1 amide bonds. The van der Waals surface area contributed by atoms with E-state index in [1.165, 1.54) is 30.6 Å². The summed E-state index contributed by atoms with van der Waals surface area (Å²) >= 11 is 1.35. The van der Waals surface area contributed by atoms with Crippen molar-refractivity contribution in [3.8, 4) is 0 Å². The van der Waals surface area contributed by atoms with Crippen molar-refractivity contribution in [2.24, 2.45) is 11.7 Å². The summed E-state index contributed by atoms with van der Waals surface area (Å²) in [6, 6.07) is 2.35. The smallest absolute Gasteiger partial charge is 0.260 e. The number of hydrogen-bond acceptors (Lipinski definition) is 4. The minimum Gasteiger partial charge on any atom is -0.397 e. The van der Waals surface area contributed by atoms with Crippen molar-refractivity contribution in [2.75, 3.05) is 11.1 Å². The van der Waals surface area contributed by atoms with Crippen LogP contribution >= 0.6 is 11.3 Å². The summed E-state index contributed by atoms with van der Waals surface area (Å²) in [5, 5.41) is 4.35. The van der Waals surface area contributed by atoms with Gasteiger partial charge >= 0.3 is 0 Å². The van der Waals surface area contributed by atoms with E-state index in [1.807, 2.05) is 0 Å². The molecule has 2 unspecified atom stereocenters. The molecule has 1 aromatic heterocycles. The highest BCUT2D eigenvalue weighted by molar-refractivity contribution is 7.18. The third-order valence-electron chi connectivity index (χ3n) is 2.89. The number of primary amides is 1. The predicted molar refractivity (Wildman–Crippen MR) is 67.7 cm³/mol. The number of carbonyl (C=O) groups is 1. The second kappa shape index (κ2) is 4.33. The zero-order chi connectivity index (χ0) is 11.7. The Labute approximate surface area is 99.0 Å². The second-order valence-electron chi connectivity index (χ2n) is 4.29. The molecule has 5 N–H and O–H groups in total. The molecule has 0 aliphatic heterocycles. The van der Waals surface area contributed by atoms with E-state index in [2.05, 4.69) is 12.2 Å². The van der Waals surface area contributed by atoms with Gasteiger partial charge in [-0.25, -0.2) is 0 Å². The van der Waals surface area contributed by atoms with Gasteiger partial charge < -0.3 is 16.8 Å². The Kier molecular flexibility index (Phi) is 3.05. The summed E-state index contributed by atoms with van der Waals surface area (Å²) in [6.45, 7) is 2.20. The fourth-order valence-corrected chi connectivity index (χ4v) is 2.86. The molecule has 2 atom stereocenters. The molecule has 1 aromatic rings. The number of anilines is 2. The van der Waals surface area contributed by atoms with Gasteiger partial charge in [-0.3, -0.25) is 4.79 Å². The van der Waals surface area contributed by atoms with Crippen LogP contribution in [0.15, 0.2) is 6.07 Å². The van der Waals surface area contributed by atoms with Crippen molar-refractivity contribution in [1.82, 2.24) is 0 Å². The highest BCUT2D eigenvalue weighted by Gasteiger charge is 2.36. The average molecular weight is 239 g/mol. The number of amides is 1. The first kappa shape index (κ1) is 11.3. The predicted octanol–water partition coefficient (Wildman–Crippen LogP) is 2.03. The Morgan fingerprint density at radius 3 is 3.00 bits per heavy atom.